The van der Waals surface area contributed by atoms with E-state index in [1.807, 2.05) is 0 Å². The normalized spacial score (nSPS) is 37.2. The standard InChI is InChI=1S/C19H17N5O2/c20-10-17(11-21)15(13-5-8-24-9-6-13)25-19-7-3-1-2-4-14(19)18(17,12-22)16(23)26-19/h5-6,8-9,14-15,23H,1-4,7H2/t14-,15-,18+,19+/m1/s1. The summed E-state index contributed by atoms with van der Waals surface area (Å²) >= 11 is 0. The Kier molecular flexibility index (Phi) is 3.51. The number of hydrogen-bond donors (Lipinski definition) is 1. The molecular weight excluding hydrogens is 330 g/mol. The van der Waals surface area contributed by atoms with E-state index in [4.69, 9.17) is 14.9 Å². The van der Waals surface area contributed by atoms with E-state index < -0.39 is 28.6 Å². The molecule has 1 aromatic heterocycles. The molecular formula is C19H17N5O2. The Hall–Kier alpha value is -2.95. The molecule has 130 valence electrons. The second-order valence-corrected chi connectivity index (χ2v) is 7.12. The van der Waals surface area contributed by atoms with E-state index >= 15 is 0 Å². The van der Waals surface area contributed by atoms with Crippen molar-refractivity contribution in [2.45, 2.75) is 44.0 Å². The van der Waals surface area contributed by atoms with Gasteiger partial charge < -0.3 is 9.47 Å². The minimum Gasteiger partial charge on any atom is -0.447 e. The molecule has 4 atom stereocenters. The second-order valence-electron chi connectivity index (χ2n) is 7.12. The third-order valence-electron chi connectivity index (χ3n) is 6.08. The number of rotatable bonds is 1. The van der Waals surface area contributed by atoms with Gasteiger partial charge in [-0.15, -0.1) is 0 Å². The molecule has 4 rings (SSSR count). The maximum atomic E-state index is 10.2. The minimum atomic E-state index is -1.87. The van der Waals surface area contributed by atoms with E-state index in [1.165, 1.54) is 0 Å². The van der Waals surface area contributed by atoms with Crippen molar-refractivity contribution in [3.8, 4) is 18.2 Å². The lowest BCUT2D eigenvalue weighted by atomic mass is 9.52. The van der Waals surface area contributed by atoms with E-state index in [-0.39, 0.29) is 5.90 Å². The maximum absolute atomic E-state index is 10.2. The lowest BCUT2D eigenvalue weighted by Gasteiger charge is -2.49. The van der Waals surface area contributed by atoms with Crippen LogP contribution in [0.2, 0.25) is 0 Å². The molecule has 0 amide bonds. The molecule has 3 aliphatic rings. The average Bonchev–Trinajstić information content (AvgIpc) is 2.81. The predicted octanol–water partition coefficient (Wildman–Crippen LogP) is 2.98. The van der Waals surface area contributed by atoms with Gasteiger partial charge >= 0.3 is 0 Å². The number of nitrogens with one attached hydrogen (secondary N) is 1. The van der Waals surface area contributed by atoms with Crippen molar-refractivity contribution in [2.75, 3.05) is 0 Å². The number of hydrogen-bond acceptors (Lipinski definition) is 7. The molecule has 1 N–H and O–H groups in total. The molecule has 1 aromatic rings. The highest BCUT2D eigenvalue weighted by Gasteiger charge is 2.80. The molecule has 3 heterocycles. The van der Waals surface area contributed by atoms with Crippen LogP contribution in [0, 0.1) is 56.2 Å². The number of ether oxygens (including phenoxy) is 2. The van der Waals surface area contributed by atoms with Crippen LogP contribution in [0.25, 0.3) is 0 Å². The molecule has 0 unspecified atom stereocenters. The third-order valence-corrected chi connectivity index (χ3v) is 6.08. The van der Waals surface area contributed by atoms with E-state index in [0.717, 1.165) is 19.3 Å². The summed E-state index contributed by atoms with van der Waals surface area (Å²) in [4.78, 5) is 3.98. The van der Waals surface area contributed by atoms with Crippen LogP contribution < -0.4 is 0 Å². The Labute approximate surface area is 151 Å². The summed E-state index contributed by atoms with van der Waals surface area (Å²) in [6, 6.07) is 9.67. The van der Waals surface area contributed by atoms with E-state index in [9.17, 15) is 15.8 Å². The van der Waals surface area contributed by atoms with Gasteiger partial charge in [-0.25, -0.2) is 0 Å². The quantitative estimate of drug-likeness (QED) is 0.832. The van der Waals surface area contributed by atoms with E-state index in [1.54, 1.807) is 24.5 Å². The number of nitriles is 3. The van der Waals surface area contributed by atoms with E-state index in [0.29, 0.717) is 18.4 Å². The van der Waals surface area contributed by atoms with Crippen LogP contribution in [-0.2, 0) is 9.47 Å². The summed E-state index contributed by atoms with van der Waals surface area (Å²) in [7, 11) is 0. The fourth-order valence-corrected chi connectivity index (χ4v) is 4.88. The molecule has 1 saturated carbocycles. The fourth-order valence-electron chi connectivity index (χ4n) is 4.88. The second kappa shape index (κ2) is 5.53. The Morgan fingerprint density at radius 3 is 2.46 bits per heavy atom. The minimum absolute atomic E-state index is 0.313. The summed E-state index contributed by atoms with van der Waals surface area (Å²) in [5, 5.41) is 38.8. The molecule has 0 spiro atoms. The van der Waals surface area contributed by atoms with Gasteiger partial charge in [0.05, 0.1) is 24.1 Å². The van der Waals surface area contributed by atoms with Crippen molar-refractivity contribution in [3.05, 3.63) is 30.1 Å². The Morgan fingerprint density at radius 1 is 1.08 bits per heavy atom. The summed E-state index contributed by atoms with van der Waals surface area (Å²) in [5.41, 5.74) is -2.93. The van der Waals surface area contributed by atoms with Crippen LogP contribution in [-0.4, -0.2) is 16.7 Å². The van der Waals surface area contributed by atoms with Gasteiger partial charge in [-0.1, -0.05) is 12.8 Å². The Balaban J connectivity index is 2.01. The highest BCUT2D eigenvalue weighted by molar-refractivity contribution is 5.89. The van der Waals surface area contributed by atoms with Crippen molar-refractivity contribution in [3.63, 3.8) is 0 Å². The first-order valence-electron chi connectivity index (χ1n) is 8.70. The first-order chi connectivity index (χ1) is 12.6. The van der Waals surface area contributed by atoms with Gasteiger partial charge in [0.2, 0.25) is 17.1 Å². The fraction of sp³-hybridized carbons (Fsp3) is 0.526. The van der Waals surface area contributed by atoms with Crippen LogP contribution in [0.3, 0.4) is 0 Å². The summed E-state index contributed by atoms with van der Waals surface area (Å²) in [6.45, 7) is 0. The molecule has 1 aliphatic carbocycles. The number of aromatic nitrogens is 1. The molecule has 7 heteroatoms. The molecule has 2 bridgehead atoms. The number of nitrogens with zero attached hydrogens (tertiary/aromatic N) is 4. The van der Waals surface area contributed by atoms with Gasteiger partial charge in [-0.3, -0.25) is 10.4 Å². The van der Waals surface area contributed by atoms with Gasteiger partial charge in [0.15, 0.2) is 5.41 Å². The Morgan fingerprint density at radius 2 is 1.81 bits per heavy atom. The zero-order valence-electron chi connectivity index (χ0n) is 14.1. The largest absolute Gasteiger partial charge is 0.447 e. The lowest BCUT2D eigenvalue weighted by Crippen LogP contribution is -2.59. The number of pyridine rings is 1. The van der Waals surface area contributed by atoms with Gasteiger partial charge in [-0.2, -0.15) is 15.8 Å². The topological polar surface area (TPSA) is 127 Å². The summed E-state index contributed by atoms with van der Waals surface area (Å²) in [5.74, 6) is -1.95. The van der Waals surface area contributed by atoms with Crippen LogP contribution >= 0.6 is 0 Å². The van der Waals surface area contributed by atoms with Crippen molar-refractivity contribution >= 4 is 5.90 Å². The molecule has 2 aliphatic heterocycles. The molecule has 3 fully saturated rings. The lowest BCUT2D eigenvalue weighted by molar-refractivity contribution is -0.284. The smallest absolute Gasteiger partial charge is 0.217 e. The first kappa shape index (κ1) is 16.5. The van der Waals surface area contributed by atoms with Gasteiger partial charge in [0.25, 0.3) is 0 Å². The SMILES string of the molecule is N#CC1(C#N)[C@@H](c2ccncc2)O[C@]23CCCCC[C@@H]2[C@@]1(C#N)C(=N)O3. The monoisotopic (exact) mass is 347 g/mol. The van der Waals surface area contributed by atoms with Gasteiger partial charge in [0.1, 0.15) is 6.10 Å². The van der Waals surface area contributed by atoms with Crippen LogP contribution in [0.5, 0.6) is 0 Å². The molecule has 0 radical (unpaired) electrons. The zero-order chi connectivity index (χ0) is 18.4. The molecule has 0 aromatic carbocycles. The first-order valence-corrected chi connectivity index (χ1v) is 8.70. The van der Waals surface area contributed by atoms with Crippen molar-refractivity contribution in [1.82, 2.24) is 4.98 Å². The predicted molar refractivity (Wildman–Crippen MR) is 87.9 cm³/mol. The highest BCUT2D eigenvalue weighted by atomic mass is 16.7. The van der Waals surface area contributed by atoms with E-state index in [2.05, 4.69) is 23.2 Å². The maximum Gasteiger partial charge on any atom is 0.217 e. The average molecular weight is 347 g/mol. The van der Waals surface area contributed by atoms with Gasteiger partial charge in [0, 0.05) is 18.8 Å². The zero-order valence-corrected chi connectivity index (χ0v) is 14.1. The Bertz CT molecular complexity index is 866. The molecule has 7 nitrogen and oxygen atoms in total. The molecule has 2 saturated heterocycles. The molecule has 26 heavy (non-hydrogen) atoms. The van der Waals surface area contributed by atoms with Crippen molar-refractivity contribution in [1.29, 1.82) is 21.2 Å². The van der Waals surface area contributed by atoms with Crippen LogP contribution in [0.1, 0.15) is 43.8 Å². The van der Waals surface area contributed by atoms with Crippen LogP contribution in [0.15, 0.2) is 24.5 Å². The van der Waals surface area contributed by atoms with Crippen molar-refractivity contribution < 1.29 is 9.47 Å². The summed E-state index contributed by atoms with van der Waals surface area (Å²) < 4.78 is 12.2. The highest BCUT2D eigenvalue weighted by Crippen LogP contribution is 2.68. The van der Waals surface area contributed by atoms with Crippen LogP contribution in [0.4, 0.5) is 0 Å². The third kappa shape index (κ3) is 1.72. The summed E-state index contributed by atoms with van der Waals surface area (Å²) in [6.07, 6.45) is 5.92. The van der Waals surface area contributed by atoms with Gasteiger partial charge in [-0.05, 0) is 30.5 Å². The van der Waals surface area contributed by atoms with Crippen molar-refractivity contribution in [2.24, 2.45) is 16.7 Å².